The van der Waals surface area contributed by atoms with E-state index in [9.17, 15) is 14.7 Å². The average Bonchev–Trinajstić information content (AvgIpc) is 2.85. The second-order valence-corrected chi connectivity index (χ2v) is 4.20. The van der Waals surface area contributed by atoms with E-state index in [0.717, 1.165) is 0 Å². The molecule has 1 atom stereocenters. The molecule has 1 unspecified atom stereocenters. The van der Waals surface area contributed by atoms with E-state index in [0.29, 0.717) is 36.4 Å². The minimum absolute atomic E-state index is 0.128. The maximum atomic E-state index is 11.4. The lowest BCUT2D eigenvalue weighted by molar-refractivity contribution is -0.146. The van der Waals surface area contributed by atoms with E-state index in [1.807, 2.05) is 6.92 Å². The Bertz CT molecular complexity index is 488. The zero-order valence-electron chi connectivity index (χ0n) is 10.5. The van der Waals surface area contributed by atoms with Crippen molar-refractivity contribution in [3.05, 3.63) is 23.8 Å². The van der Waals surface area contributed by atoms with Crippen LogP contribution >= 0.6 is 0 Å². The van der Waals surface area contributed by atoms with Gasteiger partial charge in [0.05, 0.1) is 0 Å². The van der Waals surface area contributed by atoms with Gasteiger partial charge in [0.15, 0.2) is 17.5 Å². The number of carbonyl (C=O) groups excluding carboxylic acids is 1. The van der Waals surface area contributed by atoms with Gasteiger partial charge in [0.1, 0.15) is 0 Å². The second kappa shape index (κ2) is 5.60. The van der Waals surface area contributed by atoms with Crippen LogP contribution in [-0.4, -0.2) is 35.7 Å². The van der Waals surface area contributed by atoms with E-state index in [4.69, 9.17) is 9.47 Å². The highest BCUT2D eigenvalue weighted by atomic mass is 16.7. The average molecular weight is 265 g/mol. The third-order valence-electron chi connectivity index (χ3n) is 2.90. The molecule has 0 aliphatic carbocycles. The summed E-state index contributed by atoms with van der Waals surface area (Å²) < 4.78 is 10.4. The number of benzene rings is 1. The van der Waals surface area contributed by atoms with Crippen LogP contribution in [-0.2, 0) is 9.59 Å². The lowest BCUT2D eigenvalue weighted by Gasteiger charge is -2.24. The first-order valence-corrected chi connectivity index (χ1v) is 6.00. The van der Waals surface area contributed by atoms with Gasteiger partial charge in [-0.3, -0.25) is 4.79 Å². The fourth-order valence-corrected chi connectivity index (χ4v) is 2.06. The first kappa shape index (κ1) is 13.2. The Kier molecular flexibility index (Phi) is 3.89. The van der Waals surface area contributed by atoms with Crippen molar-refractivity contribution in [1.29, 1.82) is 0 Å². The molecule has 0 fully saturated rings. The molecule has 1 aromatic rings. The molecule has 102 valence electrons. The van der Waals surface area contributed by atoms with E-state index in [1.54, 1.807) is 18.2 Å². The van der Waals surface area contributed by atoms with Gasteiger partial charge >= 0.3 is 5.97 Å². The van der Waals surface area contributed by atoms with Crippen molar-refractivity contribution in [3.8, 4) is 11.5 Å². The summed E-state index contributed by atoms with van der Waals surface area (Å²) in [5.41, 5.74) is 0.498. The van der Waals surface area contributed by atoms with Crippen LogP contribution in [0.2, 0.25) is 0 Å². The predicted octanol–water partition coefficient (Wildman–Crippen LogP) is 1.41. The normalized spacial score (nSPS) is 13.9. The SMILES string of the molecule is CCCN(C=O)C(C(=O)O)c1ccc2c(c1)OCO2. The van der Waals surface area contributed by atoms with Crippen LogP contribution in [0.1, 0.15) is 24.9 Å². The molecule has 1 aromatic carbocycles. The Balaban J connectivity index is 2.33. The van der Waals surface area contributed by atoms with Crippen LogP contribution in [0, 0.1) is 0 Å². The number of aliphatic carboxylic acids is 1. The van der Waals surface area contributed by atoms with Crippen LogP contribution in [0.4, 0.5) is 0 Å². The largest absolute Gasteiger partial charge is 0.479 e. The standard InChI is InChI=1S/C13H15NO5/c1-2-5-14(7-15)12(13(16)17)9-3-4-10-11(6-9)19-8-18-10/h3-4,6-7,12H,2,5,8H2,1H3,(H,16,17). The lowest BCUT2D eigenvalue weighted by atomic mass is 10.0. The number of hydrogen-bond acceptors (Lipinski definition) is 4. The molecular formula is C13H15NO5. The zero-order chi connectivity index (χ0) is 13.8. The van der Waals surface area contributed by atoms with Crippen molar-refractivity contribution < 1.29 is 24.2 Å². The Morgan fingerprint density at radius 3 is 2.84 bits per heavy atom. The van der Waals surface area contributed by atoms with Gasteiger partial charge in [0.25, 0.3) is 0 Å². The molecule has 6 nitrogen and oxygen atoms in total. The summed E-state index contributed by atoms with van der Waals surface area (Å²) in [6, 6.07) is 3.89. The van der Waals surface area contributed by atoms with Gasteiger partial charge in [0, 0.05) is 6.54 Å². The van der Waals surface area contributed by atoms with Crippen molar-refractivity contribution in [2.24, 2.45) is 0 Å². The first-order valence-electron chi connectivity index (χ1n) is 6.00. The molecule has 0 radical (unpaired) electrons. The molecule has 1 N–H and O–H groups in total. The Hall–Kier alpha value is -2.24. The molecule has 2 rings (SSSR count). The number of fused-ring (bicyclic) bond motifs is 1. The van der Waals surface area contributed by atoms with Gasteiger partial charge in [-0.15, -0.1) is 0 Å². The maximum Gasteiger partial charge on any atom is 0.331 e. The van der Waals surface area contributed by atoms with Gasteiger partial charge in [-0.25, -0.2) is 4.79 Å². The summed E-state index contributed by atoms with van der Waals surface area (Å²) in [5, 5.41) is 9.33. The van der Waals surface area contributed by atoms with Gasteiger partial charge in [-0.1, -0.05) is 13.0 Å². The highest BCUT2D eigenvalue weighted by Crippen LogP contribution is 2.35. The van der Waals surface area contributed by atoms with Gasteiger partial charge in [-0.2, -0.15) is 0 Å². The summed E-state index contributed by atoms with van der Waals surface area (Å²) in [7, 11) is 0. The first-order chi connectivity index (χ1) is 9.17. The monoisotopic (exact) mass is 265 g/mol. The smallest absolute Gasteiger partial charge is 0.331 e. The van der Waals surface area contributed by atoms with Crippen molar-refractivity contribution in [2.45, 2.75) is 19.4 Å². The van der Waals surface area contributed by atoms with E-state index in [-0.39, 0.29) is 6.79 Å². The summed E-state index contributed by atoms with van der Waals surface area (Å²) in [5.74, 6) is 0.0200. The molecule has 0 bridgehead atoms. The van der Waals surface area contributed by atoms with Crippen LogP contribution in [0.25, 0.3) is 0 Å². The van der Waals surface area contributed by atoms with E-state index >= 15 is 0 Å². The molecule has 1 aliphatic rings. The van der Waals surface area contributed by atoms with Crippen molar-refractivity contribution in [3.63, 3.8) is 0 Å². The molecule has 1 amide bonds. The molecular weight excluding hydrogens is 250 g/mol. The molecule has 19 heavy (non-hydrogen) atoms. The quantitative estimate of drug-likeness (QED) is 0.787. The summed E-state index contributed by atoms with van der Waals surface area (Å²) >= 11 is 0. The van der Waals surface area contributed by atoms with E-state index in [1.165, 1.54) is 4.90 Å². The van der Waals surface area contributed by atoms with Crippen molar-refractivity contribution >= 4 is 12.4 Å². The predicted molar refractivity (Wildman–Crippen MR) is 66.0 cm³/mol. The fraction of sp³-hybridized carbons (Fsp3) is 0.385. The molecule has 1 aliphatic heterocycles. The molecule has 6 heteroatoms. The van der Waals surface area contributed by atoms with Gasteiger partial charge < -0.3 is 19.5 Å². The zero-order valence-corrected chi connectivity index (χ0v) is 10.5. The van der Waals surface area contributed by atoms with Gasteiger partial charge in [0.2, 0.25) is 13.2 Å². The maximum absolute atomic E-state index is 11.4. The molecule has 0 saturated heterocycles. The number of hydrogen-bond donors (Lipinski definition) is 1. The summed E-state index contributed by atoms with van der Waals surface area (Å²) in [6.45, 7) is 2.40. The van der Waals surface area contributed by atoms with Crippen molar-refractivity contribution in [1.82, 2.24) is 4.90 Å². The minimum atomic E-state index is -1.07. The van der Waals surface area contributed by atoms with E-state index < -0.39 is 12.0 Å². The summed E-state index contributed by atoms with van der Waals surface area (Å²) in [6.07, 6.45) is 1.25. The third-order valence-corrected chi connectivity index (χ3v) is 2.90. The Morgan fingerprint density at radius 2 is 2.21 bits per heavy atom. The van der Waals surface area contributed by atoms with Crippen LogP contribution in [0.3, 0.4) is 0 Å². The number of carboxylic acid groups (broad SMARTS) is 1. The summed E-state index contributed by atoms with van der Waals surface area (Å²) in [4.78, 5) is 23.7. The van der Waals surface area contributed by atoms with Crippen molar-refractivity contribution in [2.75, 3.05) is 13.3 Å². The lowest BCUT2D eigenvalue weighted by Crippen LogP contribution is -2.33. The van der Waals surface area contributed by atoms with Gasteiger partial charge in [-0.05, 0) is 24.1 Å². The third kappa shape index (κ3) is 2.62. The van der Waals surface area contributed by atoms with Crippen LogP contribution in [0.15, 0.2) is 18.2 Å². The molecule has 1 heterocycles. The highest BCUT2D eigenvalue weighted by Gasteiger charge is 2.27. The minimum Gasteiger partial charge on any atom is -0.479 e. The number of amides is 1. The number of rotatable bonds is 6. The molecule has 0 saturated carbocycles. The Labute approximate surface area is 110 Å². The number of carboxylic acids is 1. The topological polar surface area (TPSA) is 76.1 Å². The number of ether oxygens (including phenoxy) is 2. The number of nitrogens with zero attached hydrogens (tertiary/aromatic N) is 1. The fourth-order valence-electron chi connectivity index (χ4n) is 2.06. The van der Waals surface area contributed by atoms with E-state index in [2.05, 4.69) is 0 Å². The molecule has 0 aromatic heterocycles. The Morgan fingerprint density at radius 1 is 1.47 bits per heavy atom. The second-order valence-electron chi connectivity index (χ2n) is 4.20. The number of carbonyl (C=O) groups is 2. The van der Waals surface area contributed by atoms with Crippen LogP contribution < -0.4 is 9.47 Å². The highest BCUT2D eigenvalue weighted by molar-refractivity contribution is 5.78. The van der Waals surface area contributed by atoms with Crippen LogP contribution in [0.5, 0.6) is 11.5 Å². The molecule has 0 spiro atoms.